The molecule has 2 fully saturated rings. The molecule has 2 heterocycles. The van der Waals surface area contributed by atoms with Crippen molar-refractivity contribution in [3.05, 3.63) is 36.5 Å². The molecule has 12 unspecified atom stereocenters. The second-order valence-electron chi connectivity index (χ2n) is 24.6. The molecule has 9 N–H and O–H groups in total. The molecule has 12 atom stereocenters. The molecule has 83 heavy (non-hydrogen) atoms. The lowest BCUT2D eigenvalue weighted by molar-refractivity contribution is -0.359. The van der Waals surface area contributed by atoms with Crippen molar-refractivity contribution < 1.29 is 64.6 Å². The highest BCUT2D eigenvalue weighted by Gasteiger charge is 2.51. The first-order valence-electron chi connectivity index (χ1n) is 34.7. The van der Waals surface area contributed by atoms with E-state index >= 15 is 0 Å². The zero-order valence-electron chi connectivity index (χ0n) is 53.0. The number of aliphatic hydroxyl groups excluding tert-OH is 8. The molecule has 2 aliphatic rings. The summed E-state index contributed by atoms with van der Waals surface area (Å²) >= 11 is 0. The summed E-state index contributed by atoms with van der Waals surface area (Å²) in [4.78, 5) is 13.3. The van der Waals surface area contributed by atoms with Crippen LogP contribution in [0.15, 0.2) is 36.5 Å². The lowest BCUT2D eigenvalue weighted by atomic mass is 9.97. The van der Waals surface area contributed by atoms with Crippen molar-refractivity contribution in [2.45, 2.75) is 376 Å². The first kappa shape index (κ1) is 77.3. The van der Waals surface area contributed by atoms with Gasteiger partial charge in [-0.1, -0.05) is 275 Å². The number of ether oxygens (including phenoxy) is 4. The molecule has 0 aromatic carbocycles. The monoisotopic (exact) mass is 1180 g/mol. The van der Waals surface area contributed by atoms with Gasteiger partial charge in [0.25, 0.3) is 0 Å². The van der Waals surface area contributed by atoms with Gasteiger partial charge in [0.2, 0.25) is 5.91 Å². The minimum absolute atomic E-state index is 0.248. The number of carbonyl (C=O) groups excluding carboxylic acids is 1. The molecule has 2 aliphatic heterocycles. The molecule has 0 aromatic rings. The molecular weight excluding hydrogens is 1050 g/mol. The van der Waals surface area contributed by atoms with Gasteiger partial charge in [0, 0.05) is 6.42 Å². The van der Waals surface area contributed by atoms with E-state index in [1.54, 1.807) is 6.08 Å². The fraction of sp³-hybridized carbons (Fsp3) is 0.899. The molecule has 2 saturated heterocycles. The molecule has 0 spiro atoms. The minimum Gasteiger partial charge on any atom is -0.394 e. The summed E-state index contributed by atoms with van der Waals surface area (Å²) < 4.78 is 22.8. The number of allylic oxidation sites excluding steroid dienone is 5. The van der Waals surface area contributed by atoms with Gasteiger partial charge in [0.1, 0.15) is 48.8 Å². The van der Waals surface area contributed by atoms with Crippen LogP contribution in [0, 0.1) is 0 Å². The SMILES string of the molecule is CCCCCCCCCC/C=C\CCCCCCCCCCCC(=O)NC(COC1OC(CO)C(OC2OC(CO)C(O)C(O)C2O)C(O)C1O)C(O)/C=C/CC/C=C/CCCCCCCCCCCCCCCCCCCCCCCC. The summed E-state index contributed by atoms with van der Waals surface area (Å²) in [5, 5.41) is 87.4. The van der Waals surface area contributed by atoms with Crippen LogP contribution in [0.4, 0.5) is 0 Å². The van der Waals surface area contributed by atoms with Crippen LogP contribution in [0.1, 0.15) is 303 Å². The summed E-state index contributed by atoms with van der Waals surface area (Å²) in [6, 6.07) is -0.933. The van der Waals surface area contributed by atoms with Gasteiger partial charge in [-0.2, -0.15) is 0 Å². The van der Waals surface area contributed by atoms with Crippen molar-refractivity contribution in [3.8, 4) is 0 Å². The van der Waals surface area contributed by atoms with E-state index in [1.807, 2.05) is 6.08 Å². The van der Waals surface area contributed by atoms with Gasteiger partial charge in [-0.25, -0.2) is 0 Å². The van der Waals surface area contributed by atoms with E-state index in [1.165, 1.54) is 238 Å². The summed E-state index contributed by atoms with van der Waals surface area (Å²) in [7, 11) is 0. The average molecular weight is 1180 g/mol. The quantitative estimate of drug-likeness (QED) is 0.0204. The van der Waals surface area contributed by atoms with Crippen LogP contribution < -0.4 is 5.32 Å². The standard InChI is InChI=1S/C69H129NO13/c1-3-5-7-9-11-13-15-17-19-21-23-25-26-27-28-29-30-31-33-34-36-38-40-42-44-46-48-50-52-58(73)57(56-80-68-66(79)64(77)67(60(55-72)82-68)83-69-65(78)63(76)62(75)59(54-71)81-69)70-61(74)53-51-49-47-45-43-41-39-37-35-32-24-22-20-18-16-14-12-10-8-6-4-2/h22,24,42,44,50,52,57-60,62-69,71-73,75-79H,3-21,23,25-41,43,45-49,51,53-56H2,1-2H3,(H,70,74)/b24-22-,44-42+,52-50+. The number of hydrogen-bond donors (Lipinski definition) is 9. The Kier molecular flexibility index (Phi) is 50.6. The van der Waals surface area contributed by atoms with Gasteiger partial charge < -0.3 is 65.1 Å². The van der Waals surface area contributed by atoms with Crippen molar-refractivity contribution >= 4 is 5.91 Å². The van der Waals surface area contributed by atoms with Crippen LogP contribution >= 0.6 is 0 Å². The Hall–Kier alpha value is -1.79. The Labute approximate surface area is 506 Å². The maximum atomic E-state index is 13.3. The molecule has 488 valence electrons. The second kappa shape index (κ2) is 54.4. The highest BCUT2D eigenvalue weighted by molar-refractivity contribution is 5.76. The van der Waals surface area contributed by atoms with Gasteiger partial charge >= 0.3 is 0 Å². The maximum Gasteiger partial charge on any atom is 0.220 e. The predicted octanol–water partition coefficient (Wildman–Crippen LogP) is 13.7. The van der Waals surface area contributed by atoms with E-state index in [0.717, 1.165) is 32.1 Å². The molecule has 2 rings (SSSR count). The minimum atomic E-state index is -1.79. The number of amides is 1. The fourth-order valence-corrected chi connectivity index (χ4v) is 11.5. The second-order valence-corrected chi connectivity index (χ2v) is 24.6. The maximum absolute atomic E-state index is 13.3. The lowest BCUT2D eigenvalue weighted by Crippen LogP contribution is -2.65. The molecule has 14 heteroatoms. The largest absolute Gasteiger partial charge is 0.394 e. The summed E-state index contributed by atoms with van der Waals surface area (Å²) in [6.07, 6.45) is 52.0. The highest BCUT2D eigenvalue weighted by atomic mass is 16.7. The Bertz CT molecular complexity index is 1530. The molecule has 14 nitrogen and oxygen atoms in total. The third-order valence-electron chi connectivity index (χ3n) is 17.0. The van der Waals surface area contributed by atoms with Crippen molar-refractivity contribution in [2.24, 2.45) is 0 Å². The van der Waals surface area contributed by atoms with E-state index < -0.39 is 86.8 Å². The molecule has 1 amide bonds. The fourth-order valence-electron chi connectivity index (χ4n) is 11.5. The Morgan fingerprint density at radius 2 is 0.771 bits per heavy atom. The summed E-state index contributed by atoms with van der Waals surface area (Å²) in [6.45, 7) is 2.82. The number of rotatable bonds is 57. The van der Waals surface area contributed by atoms with Crippen LogP contribution in [0.5, 0.6) is 0 Å². The van der Waals surface area contributed by atoms with Crippen LogP contribution in [0.25, 0.3) is 0 Å². The van der Waals surface area contributed by atoms with E-state index in [-0.39, 0.29) is 18.9 Å². The number of aliphatic hydroxyl groups is 8. The lowest BCUT2D eigenvalue weighted by Gasteiger charge is -2.46. The van der Waals surface area contributed by atoms with Gasteiger partial charge in [-0.05, 0) is 57.8 Å². The van der Waals surface area contributed by atoms with E-state index in [0.29, 0.717) is 12.8 Å². The van der Waals surface area contributed by atoms with Crippen LogP contribution in [0.3, 0.4) is 0 Å². The third kappa shape index (κ3) is 39.0. The van der Waals surface area contributed by atoms with Gasteiger partial charge in [0.15, 0.2) is 12.6 Å². The normalized spacial score (nSPS) is 24.0. The van der Waals surface area contributed by atoms with E-state index in [4.69, 9.17) is 18.9 Å². The zero-order valence-corrected chi connectivity index (χ0v) is 53.0. The zero-order chi connectivity index (χ0) is 60.2. The molecule has 0 radical (unpaired) electrons. The number of carbonyl (C=O) groups is 1. The Morgan fingerprint density at radius 1 is 0.422 bits per heavy atom. The number of hydrogen-bond acceptors (Lipinski definition) is 13. The van der Waals surface area contributed by atoms with Crippen LogP contribution in [0.2, 0.25) is 0 Å². The Balaban J connectivity index is 1.71. The number of unbranched alkanes of at least 4 members (excludes halogenated alkanes) is 40. The molecule has 0 bridgehead atoms. The molecule has 0 saturated carbocycles. The smallest absolute Gasteiger partial charge is 0.220 e. The van der Waals surface area contributed by atoms with Gasteiger partial charge in [-0.3, -0.25) is 4.79 Å². The van der Waals surface area contributed by atoms with E-state index in [9.17, 15) is 45.6 Å². The topological polar surface area (TPSA) is 228 Å². The van der Waals surface area contributed by atoms with Gasteiger partial charge in [-0.15, -0.1) is 0 Å². The molecule has 0 aliphatic carbocycles. The average Bonchev–Trinajstić information content (AvgIpc) is 3.59. The van der Waals surface area contributed by atoms with Crippen molar-refractivity contribution in [2.75, 3.05) is 19.8 Å². The summed E-state index contributed by atoms with van der Waals surface area (Å²) in [5.41, 5.74) is 0. The first-order chi connectivity index (χ1) is 40.6. The summed E-state index contributed by atoms with van der Waals surface area (Å²) in [5.74, 6) is -0.248. The van der Waals surface area contributed by atoms with Crippen molar-refractivity contribution in [3.63, 3.8) is 0 Å². The molecule has 0 aromatic heterocycles. The first-order valence-corrected chi connectivity index (χ1v) is 34.7. The molecular formula is C69H129NO13. The predicted molar refractivity (Wildman–Crippen MR) is 337 cm³/mol. The van der Waals surface area contributed by atoms with Crippen LogP contribution in [-0.4, -0.2) is 140 Å². The highest BCUT2D eigenvalue weighted by Crippen LogP contribution is 2.30. The number of nitrogens with one attached hydrogen (secondary N) is 1. The van der Waals surface area contributed by atoms with E-state index in [2.05, 4.69) is 43.5 Å². The third-order valence-corrected chi connectivity index (χ3v) is 17.0. The van der Waals surface area contributed by atoms with Crippen molar-refractivity contribution in [1.82, 2.24) is 5.32 Å². The van der Waals surface area contributed by atoms with Gasteiger partial charge in [0.05, 0.1) is 32.0 Å². The van der Waals surface area contributed by atoms with Crippen molar-refractivity contribution in [1.29, 1.82) is 0 Å². The van der Waals surface area contributed by atoms with Crippen LogP contribution in [-0.2, 0) is 23.7 Å². The Morgan fingerprint density at radius 3 is 1.18 bits per heavy atom.